The van der Waals surface area contributed by atoms with Gasteiger partial charge in [0.25, 0.3) is 5.91 Å². The summed E-state index contributed by atoms with van der Waals surface area (Å²) in [4.78, 5) is 12.0. The topological polar surface area (TPSA) is 56.2 Å². The molecule has 116 valence electrons. The molecule has 0 spiro atoms. The van der Waals surface area contributed by atoms with Gasteiger partial charge in [-0.25, -0.2) is 4.39 Å². The fraction of sp³-hybridized carbons (Fsp3) is 0.333. The van der Waals surface area contributed by atoms with Crippen molar-refractivity contribution in [2.24, 2.45) is 0 Å². The highest BCUT2D eigenvalue weighted by Crippen LogP contribution is 2.22. The third-order valence-corrected chi connectivity index (χ3v) is 4.02. The van der Waals surface area contributed by atoms with E-state index < -0.39 is 6.10 Å². The van der Waals surface area contributed by atoms with Crippen LogP contribution in [0.15, 0.2) is 34.9 Å². The molecule has 1 amide bonds. The predicted molar refractivity (Wildman–Crippen MR) is 83.0 cm³/mol. The van der Waals surface area contributed by atoms with Crippen LogP contribution in [0.5, 0.6) is 0 Å². The Bertz CT molecular complexity index is 666. The predicted octanol–water partition coefficient (Wildman–Crippen LogP) is 2.95. The minimum Gasteiger partial charge on any atom is -0.368 e. The fourth-order valence-electron chi connectivity index (χ4n) is 2.32. The van der Waals surface area contributed by atoms with E-state index >= 15 is 0 Å². The van der Waals surface area contributed by atoms with Gasteiger partial charge in [-0.2, -0.15) is 5.10 Å². The second-order valence-corrected chi connectivity index (χ2v) is 5.99. The number of amides is 1. The Balaban J connectivity index is 1.67. The van der Waals surface area contributed by atoms with E-state index in [1.54, 1.807) is 23.0 Å². The highest BCUT2D eigenvalue weighted by atomic mass is 79.9. The lowest BCUT2D eigenvalue weighted by Gasteiger charge is -2.08. The molecule has 2 heterocycles. The number of hydrogen-bond acceptors (Lipinski definition) is 3. The Morgan fingerprint density at radius 3 is 2.91 bits per heavy atom. The average Bonchev–Trinajstić information content (AvgIpc) is 3.12. The number of carbonyl (C=O) groups is 1. The second-order valence-electron chi connectivity index (χ2n) is 5.14. The van der Waals surface area contributed by atoms with E-state index in [-0.39, 0.29) is 11.7 Å². The van der Waals surface area contributed by atoms with Crippen molar-refractivity contribution < 1.29 is 13.9 Å². The Morgan fingerprint density at radius 2 is 2.23 bits per heavy atom. The Morgan fingerprint density at radius 1 is 1.45 bits per heavy atom. The summed E-state index contributed by atoms with van der Waals surface area (Å²) < 4.78 is 20.6. The van der Waals surface area contributed by atoms with Gasteiger partial charge in [0.1, 0.15) is 11.9 Å². The number of nitrogens with one attached hydrogen (secondary N) is 1. The minimum atomic E-state index is -0.394. The van der Waals surface area contributed by atoms with E-state index in [1.807, 2.05) is 0 Å². The lowest BCUT2D eigenvalue weighted by Crippen LogP contribution is -2.27. The van der Waals surface area contributed by atoms with Gasteiger partial charge >= 0.3 is 0 Å². The number of benzene rings is 1. The quantitative estimate of drug-likeness (QED) is 0.903. The molecule has 1 saturated heterocycles. The first-order valence-electron chi connectivity index (χ1n) is 7.02. The molecule has 1 aromatic heterocycles. The highest BCUT2D eigenvalue weighted by Gasteiger charge is 2.24. The zero-order chi connectivity index (χ0) is 15.5. The maximum atomic E-state index is 12.9. The molecule has 1 aromatic carbocycles. The van der Waals surface area contributed by atoms with Crippen molar-refractivity contribution in [1.29, 1.82) is 0 Å². The van der Waals surface area contributed by atoms with E-state index in [0.717, 1.165) is 18.4 Å². The van der Waals surface area contributed by atoms with E-state index in [9.17, 15) is 9.18 Å². The number of halogens is 2. The van der Waals surface area contributed by atoms with Crippen molar-refractivity contribution in [2.45, 2.75) is 25.5 Å². The molecule has 0 saturated carbocycles. The van der Waals surface area contributed by atoms with Crippen LogP contribution in [0.1, 0.15) is 18.4 Å². The van der Waals surface area contributed by atoms with Gasteiger partial charge in [0.15, 0.2) is 5.82 Å². The lowest BCUT2D eigenvalue weighted by molar-refractivity contribution is -0.124. The Kier molecular flexibility index (Phi) is 4.54. The molecular weight excluding hydrogens is 353 g/mol. The number of ether oxygens (including phenoxy) is 1. The smallest absolute Gasteiger partial charge is 0.254 e. The molecule has 0 aliphatic carbocycles. The lowest BCUT2D eigenvalue weighted by atomic mass is 10.2. The molecular formula is C15H15BrFN3O2. The van der Waals surface area contributed by atoms with Gasteiger partial charge in [-0.1, -0.05) is 12.1 Å². The van der Waals surface area contributed by atoms with Crippen LogP contribution in [0.3, 0.4) is 0 Å². The molecule has 22 heavy (non-hydrogen) atoms. The van der Waals surface area contributed by atoms with E-state index in [0.29, 0.717) is 23.4 Å². The van der Waals surface area contributed by atoms with Crippen LogP contribution in [-0.4, -0.2) is 28.4 Å². The number of hydrogen-bond donors (Lipinski definition) is 1. The highest BCUT2D eigenvalue weighted by molar-refractivity contribution is 9.10. The van der Waals surface area contributed by atoms with Gasteiger partial charge in [0, 0.05) is 12.8 Å². The third-order valence-electron chi connectivity index (χ3n) is 3.44. The van der Waals surface area contributed by atoms with E-state index in [4.69, 9.17) is 4.74 Å². The van der Waals surface area contributed by atoms with E-state index in [1.165, 1.54) is 12.1 Å². The summed E-state index contributed by atoms with van der Waals surface area (Å²) in [5, 5.41) is 7.09. The molecule has 0 bridgehead atoms. The standard InChI is InChI=1S/C15H15BrFN3O2/c16-12-9-20(8-10-3-5-11(17)6-4-10)19-14(12)18-15(21)13-2-1-7-22-13/h3-6,9,13H,1-2,7-8H2,(H,18,19,21). The number of nitrogens with zero attached hydrogens (tertiary/aromatic N) is 2. The zero-order valence-corrected chi connectivity index (χ0v) is 13.3. The third kappa shape index (κ3) is 3.53. The van der Waals surface area contributed by atoms with Gasteiger partial charge in [0.05, 0.1) is 11.0 Å². The van der Waals surface area contributed by atoms with Gasteiger partial charge in [-0.15, -0.1) is 0 Å². The molecule has 3 rings (SSSR count). The SMILES string of the molecule is O=C(Nc1nn(Cc2ccc(F)cc2)cc1Br)C1CCCO1. The van der Waals surface area contributed by atoms with Crippen LogP contribution in [0, 0.1) is 5.82 Å². The summed E-state index contributed by atoms with van der Waals surface area (Å²) in [6, 6.07) is 6.23. The van der Waals surface area contributed by atoms with Crippen molar-refractivity contribution in [3.05, 3.63) is 46.3 Å². The van der Waals surface area contributed by atoms with Crippen LogP contribution >= 0.6 is 15.9 Å². The summed E-state index contributed by atoms with van der Waals surface area (Å²) in [7, 11) is 0. The zero-order valence-electron chi connectivity index (χ0n) is 11.8. The van der Waals surface area contributed by atoms with Gasteiger partial charge in [0.2, 0.25) is 0 Å². The van der Waals surface area contributed by atoms with Crippen LogP contribution < -0.4 is 5.32 Å². The molecule has 1 unspecified atom stereocenters. The number of carbonyl (C=O) groups excluding carboxylic acids is 1. The molecule has 1 N–H and O–H groups in total. The van der Waals surface area contributed by atoms with Gasteiger partial charge < -0.3 is 10.1 Å². The first-order valence-corrected chi connectivity index (χ1v) is 7.81. The molecule has 1 aliphatic rings. The van der Waals surface area contributed by atoms with Crippen molar-refractivity contribution in [1.82, 2.24) is 9.78 Å². The number of rotatable bonds is 4. The maximum Gasteiger partial charge on any atom is 0.254 e. The first kappa shape index (κ1) is 15.2. The van der Waals surface area contributed by atoms with Gasteiger partial charge in [-0.05, 0) is 46.5 Å². The van der Waals surface area contributed by atoms with Gasteiger partial charge in [-0.3, -0.25) is 9.48 Å². The first-order chi connectivity index (χ1) is 10.6. The monoisotopic (exact) mass is 367 g/mol. The fourth-order valence-corrected chi connectivity index (χ4v) is 2.74. The molecule has 2 aromatic rings. The van der Waals surface area contributed by atoms with Crippen LogP contribution in [0.4, 0.5) is 10.2 Å². The Labute approximate surface area is 135 Å². The summed E-state index contributed by atoms with van der Waals surface area (Å²) in [5.41, 5.74) is 0.924. The van der Waals surface area contributed by atoms with E-state index in [2.05, 4.69) is 26.3 Å². The van der Waals surface area contributed by atoms with Crippen LogP contribution in [0.2, 0.25) is 0 Å². The molecule has 1 aliphatic heterocycles. The van der Waals surface area contributed by atoms with Crippen molar-refractivity contribution in [3.63, 3.8) is 0 Å². The van der Waals surface area contributed by atoms with Crippen molar-refractivity contribution in [2.75, 3.05) is 11.9 Å². The average molecular weight is 368 g/mol. The molecule has 1 atom stereocenters. The van der Waals surface area contributed by atoms with Crippen molar-refractivity contribution >= 4 is 27.7 Å². The molecule has 5 nitrogen and oxygen atoms in total. The molecule has 1 fully saturated rings. The normalized spacial score (nSPS) is 17.6. The minimum absolute atomic E-state index is 0.176. The largest absolute Gasteiger partial charge is 0.368 e. The summed E-state index contributed by atoms with van der Waals surface area (Å²) in [6.07, 6.45) is 3.01. The van der Waals surface area contributed by atoms with Crippen molar-refractivity contribution in [3.8, 4) is 0 Å². The van der Waals surface area contributed by atoms with Crippen LogP contribution in [0.25, 0.3) is 0 Å². The van der Waals surface area contributed by atoms with Crippen LogP contribution in [-0.2, 0) is 16.1 Å². The summed E-state index contributed by atoms with van der Waals surface area (Å²) in [6.45, 7) is 1.12. The summed E-state index contributed by atoms with van der Waals surface area (Å²) in [5.74, 6) is 0.0164. The molecule has 7 heteroatoms. The summed E-state index contributed by atoms with van der Waals surface area (Å²) >= 11 is 3.38. The number of aromatic nitrogens is 2. The maximum absolute atomic E-state index is 12.9. The second kappa shape index (κ2) is 6.58. The number of anilines is 1. The Hall–Kier alpha value is -1.73. The molecule has 0 radical (unpaired) electrons.